The number of hydrogen-bond acceptors (Lipinski definition) is 12. The summed E-state index contributed by atoms with van der Waals surface area (Å²) in [5.41, 5.74) is 25.4. The summed E-state index contributed by atoms with van der Waals surface area (Å²) in [6.45, 7) is 8.12. The van der Waals surface area contributed by atoms with Gasteiger partial charge in [-0.05, 0) is 177 Å². The molecule has 0 atom stereocenters. The first-order valence-corrected chi connectivity index (χ1v) is 45.3. The number of nitrogens with zero attached hydrogens (tertiary/aromatic N) is 6. The molecule has 0 amide bonds. The van der Waals surface area contributed by atoms with Crippen molar-refractivity contribution in [3.05, 3.63) is 449 Å². The number of hydrogen-bond donors (Lipinski definition) is 0. The molecule has 18 aromatic carbocycles. The van der Waals surface area contributed by atoms with Crippen molar-refractivity contribution >= 4 is 94.2 Å². The first kappa shape index (κ1) is 78.4. The summed E-state index contributed by atoms with van der Waals surface area (Å²) in [6, 6.07) is 139. The van der Waals surface area contributed by atoms with Gasteiger partial charge in [-0.3, -0.25) is 0 Å². The van der Waals surface area contributed by atoms with Crippen molar-refractivity contribution in [2.24, 2.45) is 0 Å². The highest BCUT2D eigenvalue weighted by Crippen LogP contribution is 2.65. The van der Waals surface area contributed by atoms with Gasteiger partial charge in [0.05, 0.1) is 22.0 Å². The molecule has 0 radical (unpaired) electrons. The molecule has 0 saturated carbocycles. The lowest BCUT2D eigenvalue weighted by atomic mass is 9.66. The molecule has 2 spiro atoms. The maximum Gasteiger partial charge on any atom is 0.534 e. The molecule has 12 nitrogen and oxygen atoms in total. The highest BCUT2D eigenvalue weighted by atomic mass is 79.9. The molecule has 7 heterocycles. The highest BCUT2D eigenvalue weighted by Gasteiger charge is 2.55. The van der Waals surface area contributed by atoms with Gasteiger partial charge in [0.2, 0.25) is 0 Å². The average Bonchev–Trinajstić information content (AvgIpc) is 1.51. The lowest BCUT2D eigenvalue weighted by Crippen LogP contribution is -2.41. The van der Waals surface area contributed by atoms with Crippen LogP contribution in [0, 0.1) is 0 Å². The van der Waals surface area contributed by atoms with Crippen molar-refractivity contribution in [3.63, 3.8) is 0 Å². The Morgan fingerprint density at radius 3 is 1.04 bits per heavy atom. The topological polar surface area (TPSA) is 141 Å². The fourth-order valence-corrected chi connectivity index (χ4v) is 21.3. The molecule has 0 N–H and O–H groups in total. The number of fused-ring (bicyclic) bond motifs is 26. The van der Waals surface area contributed by atoms with Crippen LogP contribution in [0.1, 0.15) is 72.2 Å². The van der Waals surface area contributed by atoms with Gasteiger partial charge in [-0.2, -0.15) is 0 Å². The van der Waals surface area contributed by atoms with Crippen LogP contribution in [0.2, 0.25) is 0 Å². The fraction of sp³-hybridized carbons (Fsp3) is 0.0678. The van der Waals surface area contributed by atoms with Crippen molar-refractivity contribution in [2.75, 3.05) is 0 Å². The SMILES string of the molecule is Brc1cccc2c1-c1ccccc1C21c2ccccc2Oc2ccccc21.CC1(C)OB(c2nc(-c3ccc(-c4cccc5oc6ccccc6c45)cc3)nc(-c3ccc4ccccc4c3)n2)OC1(C)C.c1ccc2c(c1)Oc1ccccc1C21c2ccccc2-c2c(-c3nc(-c4ccc(-c5cccc6oc7ccccc7c56)cc4)nc(-c4ccc5ccccc5c4)n3)cccc21. The predicted octanol–water partition coefficient (Wildman–Crippen LogP) is 29.2. The molecule has 0 bridgehead atoms. The van der Waals surface area contributed by atoms with Crippen LogP contribution in [0.15, 0.2) is 414 Å². The Hall–Kier alpha value is -15.8. The highest BCUT2D eigenvalue weighted by molar-refractivity contribution is 9.10. The number of ether oxygens (including phenoxy) is 2. The van der Waals surface area contributed by atoms with E-state index >= 15 is 0 Å². The van der Waals surface area contributed by atoms with Gasteiger partial charge in [-0.15, -0.1) is 0 Å². The van der Waals surface area contributed by atoms with Crippen LogP contribution in [-0.2, 0) is 20.1 Å². The zero-order valence-electron chi connectivity index (χ0n) is 72.2. The van der Waals surface area contributed by atoms with E-state index in [-0.39, 0.29) is 5.41 Å². The van der Waals surface area contributed by atoms with Crippen molar-refractivity contribution in [2.45, 2.75) is 49.7 Å². The lowest BCUT2D eigenvalue weighted by Gasteiger charge is -2.39. The molecule has 0 unspecified atom stereocenters. The number of furan rings is 2. The van der Waals surface area contributed by atoms with E-state index in [9.17, 15) is 0 Å². The third kappa shape index (κ3) is 12.4. The van der Waals surface area contributed by atoms with E-state index in [2.05, 4.69) is 331 Å². The van der Waals surface area contributed by atoms with E-state index < -0.39 is 23.7 Å². The molecule has 1 saturated heterocycles. The predicted molar refractivity (Wildman–Crippen MR) is 532 cm³/mol. The molecular formula is C118H78BBrN6O6. The van der Waals surface area contributed by atoms with Crippen molar-refractivity contribution in [1.29, 1.82) is 0 Å². The standard InChI is InChI=1S/C56H33N3O2.C37H30BN3O3.C25H15BrO/c1-2-14-37-33-38(32-27-34(37)13-1)54-57-53(36-30-28-35(29-31-36)39-17-12-26-50-52(39)41-16-4-8-23-47(41)60-50)58-55(59-54)42-18-11-22-46-51(42)40-15-3-5-19-43(40)56(46)44-20-6-9-24-48(44)61-49-25-10-7-21-45(49)56;1-36(2)37(3,4)44-38(43-36)35-40-33(39-34(41-35)27-21-16-23-10-5-6-11-26(23)22-27)25-19-17-24(18-20-25)28-13-9-15-31-32(28)29-12-7-8-14-30(29)42-31;26-21-13-7-12-20-24(21)16-8-1-2-9-17(16)25(20)18-10-3-5-14-22(18)27-23-15-6-4-11-19(23)25/h1-33H;5-22H,1-4H3;1-15H. The monoisotopic (exact) mass is 1760 g/mol. The molecule has 5 aliphatic rings. The molecule has 626 valence electrons. The van der Waals surface area contributed by atoms with E-state index in [1.165, 1.54) is 44.5 Å². The Kier molecular flexibility index (Phi) is 18.2. The van der Waals surface area contributed by atoms with Crippen molar-refractivity contribution < 1.29 is 27.6 Å². The summed E-state index contributed by atoms with van der Waals surface area (Å²) < 4.78 is 39.1. The van der Waals surface area contributed by atoms with E-state index in [0.29, 0.717) is 34.8 Å². The maximum atomic E-state index is 6.60. The summed E-state index contributed by atoms with van der Waals surface area (Å²) >= 11 is 3.82. The molecule has 22 aromatic rings. The Morgan fingerprint density at radius 2 is 0.561 bits per heavy atom. The summed E-state index contributed by atoms with van der Waals surface area (Å²) in [5, 5.41) is 8.99. The van der Waals surface area contributed by atoms with Gasteiger partial charge in [0.15, 0.2) is 34.8 Å². The molecule has 132 heavy (non-hydrogen) atoms. The normalized spacial score (nSPS) is 14.4. The minimum atomic E-state index is -0.716. The van der Waals surface area contributed by atoms with E-state index in [1.807, 2.05) is 113 Å². The van der Waals surface area contributed by atoms with Crippen molar-refractivity contribution in [3.8, 4) is 124 Å². The summed E-state index contributed by atoms with van der Waals surface area (Å²) in [7, 11) is -0.716. The van der Waals surface area contributed by atoms with Gasteiger partial charge < -0.3 is 27.6 Å². The smallest absolute Gasteiger partial charge is 0.457 e. The van der Waals surface area contributed by atoms with Gasteiger partial charge in [0.25, 0.3) is 0 Å². The molecule has 2 aliphatic carbocycles. The second-order valence-corrected chi connectivity index (χ2v) is 36.1. The Balaban J connectivity index is 0.000000115. The summed E-state index contributed by atoms with van der Waals surface area (Å²) in [6.07, 6.45) is 0. The summed E-state index contributed by atoms with van der Waals surface area (Å²) in [5.74, 6) is 6.54. The van der Waals surface area contributed by atoms with Crippen LogP contribution in [0.25, 0.3) is 167 Å². The van der Waals surface area contributed by atoms with E-state index in [1.54, 1.807) is 0 Å². The molecule has 4 aromatic heterocycles. The number of para-hydroxylation sites is 6. The minimum absolute atomic E-state index is 0.360. The third-order valence-electron chi connectivity index (χ3n) is 27.4. The molecule has 1 fully saturated rings. The Morgan fingerprint density at radius 1 is 0.242 bits per heavy atom. The van der Waals surface area contributed by atoms with E-state index in [4.69, 9.17) is 57.5 Å². The van der Waals surface area contributed by atoms with Crippen LogP contribution >= 0.6 is 15.9 Å². The van der Waals surface area contributed by atoms with Gasteiger partial charge in [0.1, 0.15) is 45.3 Å². The fourth-order valence-electron chi connectivity index (χ4n) is 20.7. The zero-order valence-corrected chi connectivity index (χ0v) is 73.8. The maximum absolute atomic E-state index is 6.60. The molecular weight excluding hydrogens is 1690 g/mol. The first-order chi connectivity index (χ1) is 64.8. The van der Waals surface area contributed by atoms with Crippen LogP contribution in [-0.4, -0.2) is 48.2 Å². The van der Waals surface area contributed by atoms with Crippen LogP contribution in [0.5, 0.6) is 23.0 Å². The lowest BCUT2D eigenvalue weighted by molar-refractivity contribution is 0.00578. The number of halogens is 1. The number of rotatable bonds is 8. The summed E-state index contributed by atoms with van der Waals surface area (Å²) in [4.78, 5) is 30.7. The molecule has 3 aliphatic heterocycles. The van der Waals surface area contributed by atoms with Gasteiger partial charge in [0, 0.05) is 81.7 Å². The number of benzene rings is 18. The third-order valence-corrected chi connectivity index (χ3v) is 28.1. The number of aromatic nitrogens is 6. The Labute approximate surface area is 769 Å². The average molecular weight is 1770 g/mol. The largest absolute Gasteiger partial charge is 0.534 e. The van der Waals surface area contributed by atoms with Crippen LogP contribution < -0.4 is 15.2 Å². The minimum Gasteiger partial charge on any atom is -0.457 e. The van der Waals surface area contributed by atoms with Crippen LogP contribution in [0.3, 0.4) is 0 Å². The Bertz CT molecular complexity index is 8390. The molecule has 27 rings (SSSR count). The van der Waals surface area contributed by atoms with Crippen LogP contribution in [0.4, 0.5) is 0 Å². The molecule has 14 heteroatoms. The van der Waals surface area contributed by atoms with E-state index in [0.717, 1.165) is 165 Å². The van der Waals surface area contributed by atoms with Crippen molar-refractivity contribution in [1.82, 2.24) is 29.9 Å². The zero-order chi connectivity index (χ0) is 88.1. The second kappa shape index (κ2) is 30.7. The first-order valence-electron chi connectivity index (χ1n) is 44.5. The van der Waals surface area contributed by atoms with Gasteiger partial charge in [-0.1, -0.05) is 350 Å². The quantitative estimate of drug-likeness (QED) is 0.134. The van der Waals surface area contributed by atoms with Gasteiger partial charge in [-0.25, -0.2) is 29.9 Å². The second-order valence-electron chi connectivity index (χ2n) is 35.2. The van der Waals surface area contributed by atoms with Gasteiger partial charge >= 0.3 is 7.12 Å².